The number of benzene rings is 2. The van der Waals surface area contributed by atoms with Gasteiger partial charge in [0.05, 0.1) is 21.9 Å². The van der Waals surface area contributed by atoms with E-state index in [-0.39, 0.29) is 22.1 Å². The molecule has 1 aliphatic rings. The zero-order valence-corrected chi connectivity index (χ0v) is 17.0. The Bertz CT molecular complexity index is 1010. The van der Waals surface area contributed by atoms with Crippen LogP contribution in [0.25, 0.3) is 0 Å². The number of phenols is 2. The number of hydrogen-bond acceptors (Lipinski definition) is 6. The molecule has 1 aliphatic heterocycles. The van der Waals surface area contributed by atoms with E-state index in [1.54, 1.807) is 26.0 Å². The van der Waals surface area contributed by atoms with Crippen LogP contribution < -0.4 is 9.73 Å². The predicted molar refractivity (Wildman–Crippen MR) is 110 cm³/mol. The van der Waals surface area contributed by atoms with Crippen molar-refractivity contribution in [2.45, 2.75) is 38.5 Å². The van der Waals surface area contributed by atoms with Crippen molar-refractivity contribution < 1.29 is 18.6 Å². The molecule has 0 bridgehead atoms. The van der Waals surface area contributed by atoms with Crippen molar-refractivity contribution in [1.29, 1.82) is 0 Å². The maximum absolute atomic E-state index is 12.5. The third-order valence-corrected chi connectivity index (χ3v) is 6.12. The van der Waals surface area contributed by atoms with Crippen LogP contribution in [0.3, 0.4) is 0 Å². The number of aryl methyl sites for hydroxylation is 2. The summed E-state index contributed by atoms with van der Waals surface area (Å²) in [6.07, 6.45) is 1.98. The van der Waals surface area contributed by atoms with Gasteiger partial charge in [-0.1, -0.05) is 17.7 Å². The van der Waals surface area contributed by atoms with Gasteiger partial charge in [0.25, 0.3) is 10.0 Å². The quantitative estimate of drug-likeness (QED) is 0.405. The van der Waals surface area contributed by atoms with E-state index in [9.17, 15) is 18.6 Å². The number of hydrazone groups is 1. The highest BCUT2D eigenvalue weighted by Crippen LogP contribution is 2.41. The lowest BCUT2D eigenvalue weighted by molar-refractivity contribution is 0.455. The minimum Gasteiger partial charge on any atom is -0.507 e. The second-order valence-corrected chi connectivity index (χ2v) is 8.74. The molecule has 0 spiro atoms. The van der Waals surface area contributed by atoms with Gasteiger partial charge in [-0.25, -0.2) is 0 Å². The summed E-state index contributed by atoms with van der Waals surface area (Å²) in [6.45, 7) is 6.70. The summed E-state index contributed by atoms with van der Waals surface area (Å²) < 4.78 is 25.0. The van der Waals surface area contributed by atoms with Gasteiger partial charge in [-0.05, 0) is 57.4 Å². The Labute approximate surface area is 165 Å². The third-order valence-electron chi connectivity index (χ3n) is 4.89. The van der Waals surface area contributed by atoms with E-state index in [1.165, 1.54) is 18.2 Å². The number of nitrogens with zero attached hydrogens (tertiary/aromatic N) is 2. The van der Waals surface area contributed by atoms with Crippen LogP contribution in [0.4, 0.5) is 5.69 Å². The number of sulfonamides is 1. The van der Waals surface area contributed by atoms with Gasteiger partial charge in [0, 0.05) is 13.1 Å². The fraction of sp³-hybridized carbons (Fsp3) is 0.350. The molecule has 0 saturated carbocycles. The van der Waals surface area contributed by atoms with E-state index in [2.05, 4.69) is 9.93 Å². The molecule has 28 heavy (non-hydrogen) atoms. The SMILES string of the molecule is CC(=NNS(=O)(=O)c1ccc(C)cc1)c1c(O)cc(C)c(O)c1N1CCCC1. The van der Waals surface area contributed by atoms with Crippen LogP contribution in [-0.4, -0.2) is 37.4 Å². The standard InChI is InChI=1S/C20H25N3O4S/c1-13-6-8-16(9-7-13)28(26,27)22-21-15(3)18-17(24)12-14(2)20(25)19(18)23-10-4-5-11-23/h6-9,12,22,24-25H,4-5,10-11H2,1-3H3. The summed E-state index contributed by atoms with van der Waals surface area (Å²) in [6, 6.07) is 7.89. The molecule has 7 nitrogen and oxygen atoms in total. The molecule has 3 N–H and O–H groups in total. The highest BCUT2D eigenvalue weighted by Gasteiger charge is 2.25. The highest BCUT2D eigenvalue weighted by atomic mass is 32.2. The van der Waals surface area contributed by atoms with Gasteiger partial charge in [-0.2, -0.15) is 18.4 Å². The van der Waals surface area contributed by atoms with Crippen LogP contribution in [0, 0.1) is 13.8 Å². The largest absolute Gasteiger partial charge is 0.507 e. The van der Waals surface area contributed by atoms with E-state index in [1.807, 2.05) is 11.8 Å². The van der Waals surface area contributed by atoms with Crippen LogP contribution in [0.15, 0.2) is 40.3 Å². The first-order valence-corrected chi connectivity index (χ1v) is 10.6. The number of hydrogen-bond donors (Lipinski definition) is 3. The number of nitrogens with one attached hydrogen (secondary N) is 1. The zero-order valence-electron chi connectivity index (χ0n) is 16.2. The molecule has 2 aromatic carbocycles. The molecule has 1 fully saturated rings. The molecule has 0 amide bonds. The Kier molecular flexibility index (Phi) is 5.51. The van der Waals surface area contributed by atoms with E-state index >= 15 is 0 Å². The van der Waals surface area contributed by atoms with Crippen LogP contribution >= 0.6 is 0 Å². The van der Waals surface area contributed by atoms with Crippen molar-refractivity contribution in [2.75, 3.05) is 18.0 Å². The van der Waals surface area contributed by atoms with E-state index in [0.29, 0.717) is 16.8 Å². The predicted octanol–water partition coefficient (Wildman–Crippen LogP) is 3.02. The van der Waals surface area contributed by atoms with Crippen molar-refractivity contribution in [1.82, 2.24) is 4.83 Å². The van der Waals surface area contributed by atoms with Crippen LogP contribution in [0.1, 0.15) is 36.5 Å². The van der Waals surface area contributed by atoms with E-state index < -0.39 is 10.0 Å². The number of rotatable bonds is 5. The van der Waals surface area contributed by atoms with Gasteiger partial charge in [0.1, 0.15) is 11.5 Å². The lowest BCUT2D eigenvalue weighted by atomic mass is 10.0. The second kappa shape index (κ2) is 7.71. The highest BCUT2D eigenvalue weighted by molar-refractivity contribution is 7.89. The average molecular weight is 404 g/mol. The smallest absolute Gasteiger partial charge is 0.276 e. The molecule has 0 aliphatic carbocycles. The minimum absolute atomic E-state index is 0.0482. The molecule has 0 unspecified atom stereocenters. The van der Waals surface area contributed by atoms with Crippen molar-refractivity contribution in [2.24, 2.45) is 5.10 Å². The first-order valence-electron chi connectivity index (χ1n) is 9.14. The fourth-order valence-electron chi connectivity index (χ4n) is 3.33. The van der Waals surface area contributed by atoms with Crippen LogP contribution in [-0.2, 0) is 10.0 Å². The summed E-state index contributed by atoms with van der Waals surface area (Å²) in [5, 5.41) is 25.1. The van der Waals surface area contributed by atoms with E-state index in [0.717, 1.165) is 31.5 Å². The first-order chi connectivity index (χ1) is 13.2. The lowest BCUT2D eigenvalue weighted by Gasteiger charge is -2.24. The lowest BCUT2D eigenvalue weighted by Crippen LogP contribution is -2.23. The molecule has 1 heterocycles. The molecule has 150 valence electrons. The Morgan fingerprint density at radius 1 is 1.11 bits per heavy atom. The molecular formula is C20H25N3O4S. The minimum atomic E-state index is -3.84. The van der Waals surface area contributed by atoms with Gasteiger partial charge in [-0.15, -0.1) is 0 Å². The molecule has 1 saturated heterocycles. The summed E-state index contributed by atoms with van der Waals surface area (Å²) in [4.78, 5) is 4.31. The summed E-state index contributed by atoms with van der Waals surface area (Å²) in [7, 11) is -3.84. The second-order valence-electron chi connectivity index (χ2n) is 7.08. The maximum atomic E-state index is 12.5. The van der Waals surface area contributed by atoms with Crippen LogP contribution in [0.2, 0.25) is 0 Å². The summed E-state index contributed by atoms with van der Waals surface area (Å²) in [5.74, 6) is 0.0265. The molecule has 2 aromatic rings. The molecule has 8 heteroatoms. The van der Waals surface area contributed by atoms with Crippen molar-refractivity contribution >= 4 is 21.4 Å². The molecule has 0 radical (unpaired) electrons. The Hall–Kier alpha value is -2.74. The van der Waals surface area contributed by atoms with Crippen LogP contribution in [0.5, 0.6) is 11.5 Å². The average Bonchev–Trinajstić information content (AvgIpc) is 3.17. The first kappa shape index (κ1) is 20.0. The van der Waals surface area contributed by atoms with Crippen molar-refractivity contribution in [3.05, 3.63) is 47.0 Å². The molecule has 0 aromatic heterocycles. The van der Waals surface area contributed by atoms with Gasteiger partial charge in [0.2, 0.25) is 0 Å². The maximum Gasteiger partial charge on any atom is 0.276 e. The van der Waals surface area contributed by atoms with Gasteiger partial charge in [-0.3, -0.25) is 0 Å². The zero-order chi connectivity index (χ0) is 20.5. The molecule has 3 rings (SSSR count). The van der Waals surface area contributed by atoms with Gasteiger partial charge >= 0.3 is 0 Å². The Morgan fingerprint density at radius 2 is 1.71 bits per heavy atom. The van der Waals surface area contributed by atoms with E-state index in [4.69, 9.17) is 0 Å². The monoisotopic (exact) mass is 403 g/mol. The van der Waals surface area contributed by atoms with Crippen molar-refractivity contribution in [3.8, 4) is 11.5 Å². The van der Waals surface area contributed by atoms with Gasteiger partial charge < -0.3 is 15.1 Å². The topological polar surface area (TPSA) is 102 Å². The summed E-state index contributed by atoms with van der Waals surface area (Å²) >= 11 is 0. The number of aromatic hydroxyl groups is 2. The normalized spacial score (nSPS) is 15.1. The third kappa shape index (κ3) is 3.91. The Balaban J connectivity index is 1.98. The number of phenolic OH excluding ortho intramolecular Hbond substituents is 2. The number of anilines is 1. The molecule has 0 atom stereocenters. The molecular weight excluding hydrogens is 378 g/mol. The fourth-order valence-corrected chi connectivity index (χ4v) is 4.19. The van der Waals surface area contributed by atoms with Crippen molar-refractivity contribution in [3.63, 3.8) is 0 Å². The van der Waals surface area contributed by atoms with Gasteiger partial charge in [0.15, 0.2) is 0 Å². The summed E-state index contributed by atoms with van der Waals surface area (Å²) in [5.41, 5.74) is 2.60. The Morgan fingerprint density at radius 3 is 2.32 bits per heavy atom.